The van der Waals surface area contributed by atoms with Crippen molar-refractivity contribution in [2.24, 2.45) is 0 Å². The third kappa shape index (κ3) is 5.93. The summed E-state index contributed by atoms with van der Waals surface area (Å²) in [7, 11) is 1.61. The molecule has 0 spiro atoms. The summed E-state index contributed by atoms with van der Waals surface area (Å²) in [5.41, 5.74) is 3.41. The smallest absolute Gasteiger partial charge is 0.238 e. The Morgan fingerprint density at radius 3 is 2.52 bits per heavy atom. The van der Waals surface area contributed by atoms with Crippen LogP contribution in [-0.2, 0) is 11.3 Å². The number of hydrogen-bond acceptors (Lipinski definition) is 4. The summed E-state index contributed by atoms with van der Waals surface area (Å²) in [5, 5.41) is 2.98. The van der Waals surface area contributed by atoms with Gasteiger partial charge in [-0.2, -0.15) is 0 Å². The number of aryl methyl sites for hydroxylation is 1. The van der Waals surface area contributed by atoms with Crippen LogP contribution in [0.25, 0.3) is 0 Å². The molecule has 0 saturated heterocycles. The molecule has 0 heterocycles. The van der Waals surface area contributed by atoms with E-state index in [-0.39, 0.29) is 18.2 Å². The first kappa shape index (κ1) is 20.6. The Balaban J connectivity index is 2.13. The van der Waals surface area contributed by atoms with E-state index in [1.54, 1.807) is 20.1 Å². The molecule has 0 aliphatic heterocycles. The van der Waals surface area contributed by atoms with Crippen LogP contribution in [0.15, 0.2) is 42.5 Å². The van der Waals surface area contributed by atoms with E-state index in [4.69, 9.17) is 4.74 Å². The summed E-state index contributed by atoms with van der Waals surface area (Å²) in [6, 6.07) is 13.1. The van der Waals surface area contributed by atoms with Gasteiger partial charge in [0.1, 0.15) is 5.75 Å². The highest BCUT2D eigenvalue weighted by atomic mass is 16.5. The van der Waals surface area contributed by atoms with E-state index in [9.17, 15) is 9.59 Å². The second-order valence-electron chi connectivity index (χ2n) is 6.66. The minimum Gasteiger partial charge on any atom is -0.496 e. The Kier molecular flexibility index (Phi) is 7.55. The van der Waals surface area contributed by atoms with Crippen molar-refractivity contribution in [3.8, 4) is 5.75 Å². The molecule has 2 aromatic rings. The van der Waals surface area contributed by atoms with Gasteiger partial charge in [-0.3, -0.25) is 14.5 Å². The molecule has 2 aromatic carbocycles. The largest absolute Gasteiger partial charge is 0.496 e. The molecule has 0 fully saturated rings. The van der Waals surface area contributed by atoms with Crippen LogP contribution < -0.4 is 10.1 Å². The zero-order valence-electron chi connectivity index (χ0n) is 16.5. The second kappa shape index (κ2) is 9.88. The molecule has 144 valence electrons. The first-order valence-corrected chi connectivity index (χ1v) is 9.20. The molecule has 27 heavy (non-hydrogen) atoms. The van der Waals surface area contributed by atoms with E-state index in [0.717, 1.165) is 35.5 Å². The van der Waals surface area contributed by atoms with Crippen LogP contribution in [0.4, 0.5) is 5.69 Å². The van der Waals surface area contributed by atoms with E-state index in [0.29, 0.717) is 12.1 Å². The van der Waals surface area contributed by atoms with Gasteiger partial charge in [-0.1, -0.05) is 25.1 Å². The molecular weight excluding hydrogens is 340 g/mol. The number of benzene rings is 2. The maximum absolute atomic E-state index is 12.5. The molecule has 0 bridgehead atoms. The van der Waals surface area contributed by atoms with E-state index in [1.165, 1.54) is 0 Å². The summed E-state index contributed by atoms with van der Waals surface area (Å²) in [5.74, 6) is 0.679. The van der Waals surface area contributed by atoms with Crippen molar-refractivity contribution in [2.75, 3.05) is 25.5 Å². The Bertz CT molecular complexity index is 802. The van der Waals surface area contributed by atoms with Gasteiger partial charge in [0.15, 0.2) is 5.78 Å². The molecule has 0 atom stereocenters. The average Bonchev–Trinajstić information content (AvgIpc) is 2.63. The fourth-order valence-corrected chi connectivity index (χ4v) is 3.00. The molecule has 0 aromatic heterocycles. The number of ketones is 1. The van der Waals surface area contributed by atoms with Gasteiger partial charge < -0.3 is 10.1 Å². The Morgan fingerprint density at radius 2 is 1.89 bits per heavy atom. The number of methoxy groups -OCH3 is 1. The lowest BCUT2D eigenvalue weighted by atomic mass is 10.1. The van der Waals surface area contributed by atoms with Crippen LogP contribution in [0.5, 0.6) is 5.75 Å². The summed E-state index contributed by atoms with van der Waals surface area (Å²) >= 11 is 0. The zero-order chi connectivity index (χ0) is 19.8. The van der Waals surface area contributed by atoms with Gasteiger partial charge in [0.05, 0.1) is 13.7 Å². The van der Waals surface area contributed by atoms with Crippen LogP contribution in [0.2, 0.25) is 0 Å². The maximum atomic E-state index is 12.5. The molecule has 0 aliphatic carbocycles. The van der Waals surface area contributed by atoms with Crippen molar-refractivity contribution in [3.63, 3.8) is 0 Å². The first-order valence-electron chi connectivity index (χ1n) is 9.20. The van der Waals surface area contributed by atoms with Crippen LogP contribution in [0.1, 0.15) is 41.8 Å². The predicted molar refractivity (Wildman–Crippen MR) is 108 cm³/mol. The van der Waals surface area contributed by atoms with Crippen LogP contribution in [-0.4, -0.2) is 36.8 Å². The molecule has 1 amide bonds. The van der Waals surface area contributed by atoms with Gasteiger partial charge >= 0.3 is 0 Å². The Hall–Kier alpha value is -2.66. The number of carbonyl (C=O) groups is 2. The molecular formula is C22H28N2O3. The van der Waals surface area contributed by atoms with Gasteiger partial charge in [0.2, 0.25) is 5.91 Å². The van der Waals surface area contributed by atoms with Crippen molar-refractivity contribution in [1.29, 1.82) is 0 Å². The highest BCUT2D eigenvalue weighted by Crippen LogP contribution is 2.22. The molecule has 0 saturated carbocycles. The lowest BCUT2D eigenvalue weighted by Gasteiger charge is -2.23. The number of nitrogens with zero attached hydrogens (tertiary/aromatic N) is 1. The van der Waals surface area contributed by atoms with E-state index < -0.39 is 0 Å². The third-order valence-corrected chi connectivity index (χ3v) is 4.41. The average molecular weight is 368 g/mol. The SMILES string of the molecule is CCCN(CC(=O)Nc1ccccc1C)Cc1cc(C(C)=O)ccc1OC. The number of para-hydroxylation sites is 1. The number of carbonyl (C=O) groups excluding carboxylic acids is 2. The van der Waals surface area contributed by atoms with Gasteiger partial charge in [0, 0.05) is 23.4 Å². The minimum atomic E-state index is -0.0561. The molecule has 1 N–H and O–H groups in total. The van der Waals surface area contributed by atoms with Crippen LogP contribution in [0.3, 0.4) is 0 Å². The zero-order valence-corrected chi connectivity index (χ0v) is 16.5. The fraction of sp³-hybridized carbons (Fsp3) is 0.364. The number of Topliss-reactive ketones (excluding diaryl/α,β-unsaturated/α-hetero) is 1. The first-order chi connectivity index (χ1) is 12.9. The number of nitrogens with one attached hydrogen (secondary N) is 1. The predicted octanol–water partition coefficient (Wildman–Crippen LogP) is 4.06. The van der Waals surface area contributed by atoms with Gasteiger partial charge in [0.25, 0.3) is 0 Å². The van der Waals surface area contributed by atoms with Crippen molar-refractivity contribution in [1.82, 2.24) is 4.90 Å². The van der Waals surface area contributed by atoms with Crippen LogP contribution >= 0.6 is 0 Å². The van der Waals surface area contributed by atoms with Crippen molar-refractivity contribution < 1.29 is 14.3 Å². The normalized spacial score (nSPS) is 10.7. The molecule has 0 aliphatic rings. The number of ether oxygens (including phenoxy) is 1. The van der Waals surface area contributed by atoms with Gasteiger partial charge in [-0.15, -0.1) is 0 Å². The topological polar surface area (TPSA) is 58.6 Å². The summed E-state index contributed by atoms with van der Waals surface area (Å²) in [4.78, 5) is 26.3. The summed E-state index contributed by atoms with van der Waals surface area (Å²) in [6.07, 6.45) is 0.923. The van der Waals surface area contributed by atoms with E-state index in [1.807, 2.05) is 43.3 Å². The Morgan fingerprint density at radius 1 is 1.15 bits per heavy atom. The fourth-order valence-electron chi connectivity index (χ4n) is 3.00. The molecule has 2 rings (SSSR count). The highest BCUT2D eigenvalue weighted by molar-refractivity contribution is 5.94. The molecule has 0 unspecified atom stereocenters. The minimum absolute atomic E-state index is 0.0123. The number of rotatable bonds is 9. The van der Waals surface area contributed by atoms with Gasteiger partial charge in [-0.05, 0) is 56.6 Å². The lowest BCUT2D eigenvalue weighted by molar-refractivity contribution is -0.117. The second-order valence-corrected chi connectivity index (χ2v) is 6.66. The number of amides is 1. The van der Waals surface area contributed by atoms with E-state index in [2.05, 4.69) is 17.1 Å². The summed E-state index contributed by atoms with van der Waals surface area (Å²) in [6.45, 7) is 7.18. The lowest BCUT2D eigenvalue weighted by Crippen LogP contribution is -2.33. The van der Waals surface area contributed by atoms with Crippen molar-refractivity contribution in [3.05, 3.63) is 59.2 Å². The number of anilines is 1. The van der Waals surface area contributed by atoms with Gasteiger partial charge in [-0.25, -0.2) is 0 Å². The van der Waals surface area contributed by atoms with E-state index >= 15 is 0 Å². The standard InChI is InChI=1S/C22H28N2O3/c1-5-12-24(15-22(26)23-20-9-7-6-8-16(20)2)14-19-13-18(17(3)25)10-11-21(19)27-4/h6-11,13H,5,12,14-15H2,1-4H3,(H,23,26). The maximum Gasteiger partial charge on any atom is 0.238 e. The Labute approximate surface area is 161 Å². The summed E-state index contributed by atoms with van der Waals surface area (Å²) < 4.78 is 5.44. The highest BCUT2D eigenvalue weighted by Gasteiger charge is 2.15. The van der Waals surface area contributed by atoms with Crippen LogP contribution in [0, 0.1) is 6.92 Å². The molecule has 5 nitrogen and oxygen atoms in total. The van der Waals surface area contributed by atoms with Crippen molar-refractivity contribution in [2.45, 2.75) is 33.7 Å². The number of hydrogen-bond donors (Lipinski definition) is 1. The quantitative estimate of drug-likeness (QED) is 0.678. The third-order valence-electron chi connectivity index (χ3n) is 4.41. The molecule has 5 heteroatoms. The molecule has 0 radical (unpaired) electrons. The monoisotopic (exact) mass is 368 g/mol. The van der Waals surface area contributed by atoms with Crippen molar-refractivity contribution >= 4 is 17.4 Å².